The van der Waals surface area contributed by atoms with Gasteiger partial charge < -0.3 is 15.6 Å². The summed E-state index contributed by atoms with van der Waals surface area (Å²) in [6, 6.07) is 0. The molecule has 1 aromatic rings. The Morgan fingerprint density at radius 1 is 1.60 bits per heavy atom. The molecule has 2 rings (SSSR count). The van der Waals surface area contributed by atoms with Gasteiger partial charge >= 0.3 is 0 Å². The zero-order chi connectivity index (χ0) is 10.8. The Morgan fingerprint density at radius 2 is 2.40 bits per heavy atom. The van der Waals surface area contributed by atoms with Gasteiger partial charge in [-0.3, -0.25) is 4.79 Å². The standard InChI is InChI=1S/C10H16N4O/c1-14-5-3-8-7(6-14)10(15)13-9(12-8)2-4-11/h2-6,11H2,1H3,(H,12,13,15). The highest BCUT2D eigenvalue weighted by atomic mass is 16.1. The summed E-state index contributed by atoms with van der Waals surface area (Å²) in [5.74, 6) is 0.714. The number of fused-ring (bicyclic) bond motifs is 1. The fourth-order valence-electron chi connectivity index (χ4n) is 1.87. The number of hydrogen-bond donors (Lipinski definition) is 2. The first kappa shape index (κ1) is 10.3. The van der Waals surface area contributed by atoms with Crippen molar-refractivity contribution < 1.29 is 0 Å². The van der Waals surface area contributed by atoms with Crippen LogP contribution in [0.4, 0.5) is 0 Å². The maximum absolute atomic E-state index is 11.7. The highest BCUT2D eigenvalue weighted by Gasteiger charge is 2.18. The van der Waals surface area contributed by atoms with Gasteiger partial charge in [-0.15, -0.1) is 0 Å². The number of hydrogen-bond acceptors (Lipinski definition) is 4. The summed E-state index contributed by atoms with van der Waals surface area (Å²) < 4.78 is 0. The van der Waals surface area contributed by atoms with Gasteiger partial charge in [-0.1, -0.05) is 0 Å². The summed E-state index contributed by atoms with van der Waals surface area (Å²) in [6.07, 6.45) is 1.49. The van der Waals surface area contributed by atoms with Gasteiger partial charge in [0.15, 0.2) is 0 Å². The van der Waals surface area contributed by atoms with E-state index in [1.54, 1.807) is 0 Å². The van der Waals surface area contributed by atoms with E-state index in [1.807, 2.05) is 7.05 Å². The van der Waals surface area contributed by atoms with Gasteiger partial charge in [0.05, 0.1) is 11.3 Å². The summed E-state index contributed by atoms with van der Waals surface area (Å²) >= 11 is 0. The van der Waals surface area contributed by atoms with Crippen molar-refractivity contribution in [3.05, 3.63) is 27.4 Å². The molecule has 0 saturated heterocycles. The molecular weight excluding hydrogens is 192 g/mol. The minimum Gasteiger partial charge on any atom is -0.330 e. The molecule has 0 radical (unpaired) electrons. The molecule has 15 heavy (non-hydrogen) atoms. The van der Waals surface area contributed by atoms with Crippen molar-refractivity contribution in [2.75, 3.05) is 20.1 Å². The van der Waals surface area contributed by atoms with Gasteiger partial charge in [0.1, 0.15) is 5.82 Å². The fourth-order valence-corrected chi connectivity index (χ4v) is 1.87. The Kier molecular flexibility index (Phi) is 2.83. The van der Waals surface area contributed by atoms with Gasteiger partial charge in [-0.2, -0.15) is 0 Å². The molecule has 1 aliphatic heterocycles. The van der Waals surface area contributed by atoms with E-state index < -0.39 is 0 Å². The molecular formula is C10H16N4O. The number of H-pyrrole nitrogens is 1. The third-order valence-electron chi connectivity index (χ3n) is 2.69. The number of rotatable bonds is 2. The number of aromatic amines is 1. The number of nitrogens with zero attached hydrogens (tertiary/aromatic N) is 2. The van der Waals surface area contributed by atoms with Crippen LogP contribution in [0.1, 0.15) is 17.1 Å². The lowest BCUT2D eigenvalue weighted by Gasteiger charge is -2.23. The van der Waals surface area contributed by atoms with Gasteiger partial charge in [-0.05, 0) is 13.6 Å². The Hall–Kier alpha value is -1.20. The first-order valence-corrected chi connectivity index (χ1v) is 5.20. The first-order valence-electron chi connectivity index (χ1n) is 5.20. The molecule has 82 valence electrons. The van der Waals surface area contributed by atoms with Gasteiger partial charge in [0, 0.05) is 25.9 Å². The monoisotopic (exact) mass is 208 g/mol. The fraction of sp³-hybridized carbons (Fsp3) is 0.600. The average molecular weight is 208 g/mol. The second-order valence-electron chi connectivity index (χ2n) is 3.96. The molecule has 1 aliphatic rings. The predicted molar refractivity (Wildman–Crippen MR) is 57.7 cm³/mol. The van der Waals surface area contributed by atoms with Crippen LogP contribution in [0.2, 0.25) is 0 Å². The molecule has 0 amide bonds. The number of nitrogens with two attached hydrogens (primary N) is 1. The largest absolute Gasteiger partial charge is 0.330 e. The molecule has 5 heteroatoms. The summed E-state index contributed by atoms with van der Waals surface area (Å²) in [5, 5.41) is 0. The van der Waals surface area contributed by atoms with E-state index in [0.717, 1.165) is 24.2 Å². The van der Waals surface area contributed by atoms with Crippen LogP contribution in [0.25, 0.3) is 0 Å². The molecule has 1 aromatic heterocycles. The summed E-state index contributed by atoms with van der Waals surface area (Å²) in [5.41, 5.74) is 7.19. The highest BCUT2D eigenvalue weighted by Crippen LogP contribution is 2.11. The molecule has 0 spiro atoms. The van der Waals surface area contributed by atoms with Crippen molar-refractivity contribution in [3.8, 4) is 0 Å². The second-order valence-corrected chi connectivity index (χ2v) is 3.96. The molecule has 0 aromatic carbocycles. The van der Waals surface area contributed by atoms with Crippen molar-refractivity contribution >= 4 is 0 Å². The van der Waals surface area contributed by atoms with Crippen LogP contribution < -0.4 is 11.3 Å². The van der Waals surface area contributed by atoms with E-state index in [-0.39, 0.29) is 5.56 Å². The first-order chi connectivity index (χ1) is 7.20. The van der Waals surface area contributed by atoms with Crippen molar-refractivity contribution in [3.63, 3.8) is 0 Å². The maximum Gasteiger partial charge on any atom is 0.255 e. The number of aromatic nitrogens is 2. The maximum atomic E-state index is 11.7. The number of likely N-dealkylation sites (N-methyl/N-ethyl adjacent to an activating group) is 1. The van der Waals surface area contributed by atoms with E-state index in [0.29, 0.717) is 25.3 Å². The normalized spacial score (nSPS) is 16.4. The zero-order valence-corrected chi connectivity index (χ0v) is 8.92. The van der Waals surface area contributed by atoms with E-state index in [4.69, 9.17) is 5.73 Å². The molecule has 3 N–H and O–H groups in total. The van der Waals surface area contributed by atoms with Crippen LogP contribution in [0.15, 0.2) is 4.79 Å². The van der Waals surface area contributed by atoms with Crippen molar-refractivity contribution in [1.82, 2.24) is 14.9 Å². The van der Waals surface area contributed by atoms with Crippen molar-refractivity contribution in [2.24, 2.45) is 5.73 Å². The molecule has 0 atom stereocenters. The van der Waals surface area contributed by atoms with E-state index >= 15 is 0 Å². The lowest BCUT2D eigenvalue weighted by Crippen LogP contribution is -2.34. The Bertz CT molecular complexity index is 412. The Labute approximate surface area is 88.3 Å². The zero-order valence-electron chi connectivity index (χ0n) is 8.92. The minimum atomic E-state index is -0.00463. The summed E-state index contributed by atoms with van der Waals surface area (Å²) in [6.45, 7) is 2.17. The average Bonchev–Trinajstić information content (AvgIpc) is 2.20. The van der Waals surface area contributed by atoms with E-state index in [1.165, 1.54) is 0 Å². The highest BCUT2D eigenvalue weighted by molar-refractivity contribution is 5.20. The molecule has 0 aliphatic carbocycles. The topological polar surface area (TPSA) is 75.0 Å². The van der Waals surface area contributed by atoms with Crippen molar-refractivity contribution in [2.45, 2.75) is 19.4 Å². The summed E-state index contributed by atoms with van der Waals surface area (Å²) in [4.78, 5) is 21.1. The number of nitrogens with one attached hydrogen (secondary N) is 1. The van der Waals surface area contributed by atoms with Crippen LogP contribution in [-0.4, -0.2) is 35.0 Å². The third kappa shape index (κ3) is 2.08. The molecule has 0 saturated carbocycles. The molecule has 2 heterocycles. The van der Waals surface area contributed by atoms with Gasteiger partial charge in [0.2, 0.25) is 0 Å². The lowest BCUT2D eigenvalue weighted by atomic mass is 10.1. The smallest absolute Gasteiger partial charge is 0.255 e. The molecule has 0 unspecified atom stereocenters. The van der Waals surface area contributed by atoms with E-state index in [2.05, 4.69) is 14.9 Å². The Balaban J connectivity index is 2.39. The molecule has 5 nitrogen and oxygen atoms in total. The predicted octanol–water partition coefficient (Wildman–Crippen LogP) is -0.741. The molecule has 0 fully saturated rings. The Morgan fingerprint density at radius 3 is 3.13 bits per heavy atom. The third-order valence-corrected chi connectivity index (χ3v) is 2.69. The van der Waals surface area contributed by atoms with Crippen LogP contribution in [0, 0.1) is 0 Å². The van der Waals surface area contributed by atoms with Crippen LogP contribution >= 0.6 is 0 Å². The summed E-state index contributed by atoms with van der Waals surface area (Å²) in [7, 11) is 2.01. The second kappa shape index (κ2) is 4.12. The SMILES string of the molecule is CN1CCc2nc(CCN)[nH]c(=O)c2C1. The molecule has 0 bridgehead atoms. The van der Waals surface area contributed by atoms with Gasteiger partial charge in [0.25, 0.3) is 5.56 Å². The van der Waals surface area contributed by atoms with Gasteiger partial charge in [-0.25, -0.2) is 4.98 Å². The van der Waals surface area contributed by atoms with E-state index in [9.17, 15) is 4.79 Å². The van der Waals surface area contributed by atoms with Crippen LogP contribution in [0.3, 0.4) is 0 Å². The van der Waals surface area contributed by atoms with Crippen molar-refractivity contribution in [1.29, 1.82) is 0 Å². The van der Waals surface area contributed by atoms with Crippen LogP contribution in [-0.2, 0) is 19.4 Å². The lowest BCUT2D eigenvalue weighted by molar-refractivity contribution is 0.307. The van der Waals surface area contributed by atoms with Crippen LogP contribution in [0.5, 0.6) is 0 Å². The minimum absolute atomic E-state index is 0.00463. The quantitative estimate of drug-likeness (QED) is 0.671.